The molecule has 7 heteroatoms. The summed E-state index contributed by atoms with van der Waals surface area (Å²) in [6.07, 6.45) is 4.30. The number of aromatic nitrogens is 2. The number of nitrogens with zero attached hydrogens (tertiary/aromatic N) is 3. The van der Waals surface area contributed by atoms with Gasteiger partial charge in [0, 0.05) is 49.9 Å². The third-order valence-corrected chi connectivity index (χ3v) is 4.96. The van der Waals surface area contributed by atoms with Gasteiger partial charge < -0.3 is 16.0 Å². The third kappa shape index (κ3) is 4.45. The molecule has 1 atom stereocenters. The number of carbonyl (C=O) groups excluding carboxylic acids is 1. The van der Waals surface area contributed by atoms with Crippen LogP contribution in [0, 0.1) is 0 Å². The highest BCUT2D eigenvalue weighted by Gasteiger charge is 2.24. The van der Waals surface area contributed by atoms with E-state index in [1.165, 1.54) is 0 Å². The molecule has 1 aliphatic rings. The van der Waals surface area contributed by atoms with Gasteiger partial charge in [-0.2, -0.15) is 5.10 Å². The number of fused-ring (bicyclic) bond motifs is 1. The van der Waals surface area contributed by atoms with E-state index in [9.17, 15) is 4.79 Å². The smallest absolute Gasteiger partial charge is 0.225 e. The highest BCUT2D eigenvalue weighted by Crippen LogP contribution is 2.31. The summed E-state index contributed by atoms with van der Waals surface area (Å²) in [6, 6.07) is 17.9. The van der Waals surface area contributed by atoms with Gasteiger partial charge in [-0.1, -0.05) is 36.4 Å². The van der Waals surface area contributed by atoms with Crippen LogP contribution >= 0.6 is 0 Å². The molecule has 4 rings (SSSR count). The molecule has 3 aromatic rings. The lowest BCUT2D eigenvalue weighted by Gasteiger charge is -2.26. The van der Waals surface area contributed by atoms with Gasteiger partial charge in [-0.25, -0.2) is 4.68 Å². The second kappa shape index (κ2) is 8.60. The number of nitrogens with one attached hydrogen (secondary N) is 3. The maximum Gasteiger partial charge on any atom is 0.225 e. The molecular weight excluding hydrogens is 364 g/mol. The zero-order valence-electron chi connectivity index (χ0n) is 16.3. The number of guanidine groups is 1. The lowest BCUT2D eigenvalue weighted by molar-refractivity contribution is -0.116. The van der Waals surface area contributed by atoms with E-state index in [-0.39, 0.29) is 11.8 Å². The van der Waals surface area contributed by atoms with Crippen LogP contribution in [0.1, 0.15) is 23.5 Å². The normalized spacial score (nSPS) is 16.1. The topological polar surface area (TPSA) is 83.3 Å². The number of hydrogen-bond acceptors (Lipinski definition) is 3. The SMILES string of the molecule is CN=C(NCc1cnn(-c2ccccc2)c1)NCC1CC(=O)Nc2ccccc21. The Hall–Kier alpha value is -3.61. The van der Waals surface area contributed by atoms with Crippen molar-refractivity contribution in [2.75, 3.05) is 18.9 Å². The van der Waals surface area contributed by atoms with Crippen molar-refractivity contribution < 1.29 is 4.79 Å². The van der Waals surface area contributed by atoms with Crippen LogP contribution in [0.15, 0.2) is 72.0 Å². The Labute approximate surface area is 169 Å². The molecular formula is C22H24N6O. The van der Waals surface area contributed by atoms with Gasteiger partial charge in [0.2, 0.25) is 5.91 Å². The van der Waals surface area contributed by atoms with Crippen LogP contribution in [0.3, 0.4) is 0 Å². The quantitative estimate of drug-likeness (QED) is 0.464. The standard InChI is InChI=1S/C22H24N6O/c1-23-22(24-12-16-13-26-28(15-16)18-7-3-2-4-8-18)25-14-17-11-21(29)27-20-10-6-5-9-19(17)20/h2-10,13,15,17H,11-12,14H2,1H3,(H,27,29)(H2,23,24,25). The number of hydrogen-bond donors (Lipinski definition) is 3. The molecule has 1 amide bonds. The van der Waals surface area contributed by atoms with Crippen molar-refractivity contribution >= 4 is 17.6 Å². The summed E-state index contributed by atoms with van der Waals surface area (Å²) in [4.78, 5) is 16.3. The van der Waals surface area contributed by atoms with Crippen molar-refractivity contribution in [3.8, 4) is 5.69 Å². The Bertz CT molecular complexity index is 1010. The highest BCUT2D eigenvalue weighted by molar-refractivity contribution is 5.94. The van der Waals surface area contributed by atoms with E-state index < -0.39 is 0 Å². The monoisotopic (exact) mass is 388 g/mol. The van der Waals surface area contributed by atoms with Gasteiger partial charge in [0.05, 0.1) is 11.9 Å². The number of aliphatic imine (C=N–C) groups is 1. The van der Waals surface area contributed by atoms with Crippen LogP contribution in [-0.2, 0) is 11.3 Å². The summed E-state index contributed by atoms with van der Waals surface area (Å²) in [5.41, 5.74) is 4.13. The molecule has 0 fully saturated rings. The molecule has 148 valence electrons. The zero-order valence-corrected chi connectivity index (χ0v) is 16.3. The average molecular weight is 388 g/mol. The second-order valence-corrected chi connectivity index (χ2v) is 6.97. The van der Waals surface area contributed by atoms with Crippen LogP contribution in [0.25, 0.3) is 5.69 Å². The largest absolute Gasteiger partial charge is 0.356 e. The number of para-hydroxylation sites is 2. The molecule has 7 nitrogen and oxygen atoms in total. The molecule has 0 spiro atoms. The van der Waals surface area contributed by atoms with Gasteiger partial charge >= 0.3 is 0 Å². The highest BCUT2D eigenvalue weighted by atomic mass is 16.1. The van der Waals surface area contributed by atoms with Crippen LogP contribution in [0.2, 0.25) is 0 Å². The van der Waals surface area contributed by atoms with E-state index in [2.05, 4.69) is 32.1 Å². The van der Waals surface area contributed by atoms with Crippen LogP contribution in [0.4, 0.5) is 5.69 Å². The van der Waals surface area contributed by atoms with E-state index in [1.54, 1.807) is 7.05 Å². The van der Waals surface area contributed by atoms with Gasteiger partial charge in [-0.05, 0) is 23.8 Å². The first-order chi connectivity index (χ1) is 14.2. The van der Waals surface area contributed by atoms with Crippen LogP contribution < -0.4 is 16.0 Å². The molecule has 29 heavy (non-hydrogen) atoms. The summed E-state index contributed by atoms with van der Waals surface area (Å²) in [5, 5.41) is 14.0. The molecule has 0 aliphatic carbocycles. The Balaban J connectivity index is 1.34. The second-order valence-electron chi connectivity index (χ2n) is 6.97. The molecule has 0 saturated carbocycles. The van der Waals surface area contributed by atoms with E-state index in [0.29, 0.717) is 25.5 Å². The molecule has 2 heterocycles. The first-order valence-corrected chi connectivity index (χ1v) is 9.65. The lowest BCUT2D eigenvalue weighted by Crippen LogP contribution is -2.40. The minimum Gasteiger partial charge on any atom is -0.356 e. The number of benzene rings is 2. The van der Waals surface area contributed by atoms with Gasteiger partial charge in [-0.15, -0.1) is 0 Å². The van der Waals surface area contributed by atoms with Crippen LogP contribution in [0.5, 0.6) is 0 Å². The Morgan fingerprint density at radius 1 is 1.17 bits per heavy atom. The number of carbonyl (C=O) groups is 1. The van der Waals surface area contributed by atoms with E-state index in [1.807, 2.05) is 65.6 Å². The fourth-order valence-corrected chi connectivity index (χ4v) is 3.48. The van der Waals surface area contributed by atoms with Gasteiger partial charge in [0.25, 0.3) is 0 Å². The lowest BCUT2D eigenvalue weighted by atomic mass is 9.90. The van der Waals surface area contributed by atoms with Gasteiger partial charge in [0.15, 0.2) is 5.96 Å². The summed E-state index contributed by atoms with van der Waals surface area (Å²) < 4.78 is 1.85. The third-order valence-electron chi connectivity index (χ3n) is 4.96. The zero-order chi connectivity index (χ0) is 20.1. The maximum atomic E-state index is 12.0. The molecule has 2 aromatic carbocycles. The first-order valence-electron chi connectivity index (χ1n) is 9.65. The summed E-state index contributed by atoms with van der Waals surface area (Å²) in [5.74, 6) is 0.854. The fourth-order valence-electron chi connectivity index (χ4n) is 3.48. The van der Waals surface area contributed by atoms with Crippen molar-refractivity contribution in [1.82, 2.24) is 20.4 Å². The van der Waals surface area contributed by atoms with Crippen molar-refractivity contribution in [1.29, 1.82) is 0 Å². The maximum absolute atomic E-state index is 12.0. The van der Waals surface area contributed by atoms with Crippen molar-refractivity contribution in [2.45, 2.75) is 18.9 Å². The van der Waals surface area contributed by atoms with Gasteiger partial charge in [0.1, 0.15) is 0 Å². The summed E-state index contributed by atoms with van der Waals surface area (Å²) >= 11 is 0. The minimum atomic E-state index is 0.0479. The van der Waals surface area contributed by atoms with Crippen molar-refractivity contribution in [3.63, 3.8) is 0 Å². The molecule has 0 saturated heterocycles. The van der Waals surface area contributed by atoms with Crippen molar-refractivity contribution in [2.24, 2.45) is 4.99 Å². The molecule has 0 bridgehead atoms. The molecule has 1 aromatic heterocycles. The molecule has 3 N–H and O–H groups in total. The van der Waals surface area contributed by atoms with Gasteiger partial charge in [-0.3, -0.25) is 9.79 Å². The van der Waals surface area contributed by atoms with Crippen molar-refractivity contribution in [3.05, 3.63) is 78.1 Å². The number of amides is 1. The Kier molecular flexibility index (Phi) is 5.56. The fraction of sp³-hybridized carbons (Fsp3) is 0.227. The first kappa shape index (κ1) is 18.7. The minimum absolute atomic E-state index is 0.0479. The number of rotatable bonds is 5. The van der Waals surface area contributed by atoms with E-state index in [0.717, 1.165) is 22.5 Å². The molecule has 1 unspecified atom stereocenters. The summed E-state index contributed by atoms with van der Waals surface area (Å²) in [6.45, 7) is 1.24. The average Bonchev–Trinajstić information content (AvgIpc) is 3.23. The molecule has 0 radical (unpaired) electrons. The van der Waals surface area contributed by atoms with E-state index >= 15 is 0 Å². The summed E-state index contributed by atoms with van der Waals surface area (Å²) in [7, 11) is 1.74. The van der Waals surface area contributed by atoms with E-state index in [4.69, 9.17) is 0 Å². The predicted molar refractivity (Wildman–Crippen MR) is 114 cm³/mol. The van der Waals surface area contributed by atoms with Crippen LogP contribution in [-0.4, -0.2) is 35.2 Å². The molecule has 1 aliphatic heterocycles. The number of anilines is 1. The predicted octanol–water partition coefficient (Wildman–Crippen LogP) is 2.66. The Morgan fingerprint density at radius 2 is 1.97 bits per heavy atom. The Morgan fingerprint density at radius 3 is 2.79 bits per heavy atom.